The van der Waals surface area contributed by atoms with Crippen molar-refractivity contribution in [3.05, 3.63) is 82.2 Å². The standard InChI is InChI=1S/C26H19NO8/c27-21(30)12-33-16-7-3-13(4-8-16)17-9-22(31)35-20-10-19(29)24-25(32)18(11-34-26(24)23(17)20)14-1-5-15(28)6-2-14/h1-8,10-11,17,28-29H,9,12H2,(H2,27,30)/t17-/m0/s1. The quantitative estimate of drug-likeness (QED) is 0.296. The first-order valence-electron chi connectivity index (χ1n) is 10.6. The number of aromatic hydroxyl groups is 2. The fourth-order valence-corrected chi connectivity index (χ4v) is 4.21. The molecule has 5 rings (SSSR count). The van der Waals surface area contributed by atoms with Crippen molar-refractivity contribution in [1.82, 2.24) is 0 Å². The van der Waals surface area contributed by atoms with E-state index in [4.69, 9.17) is 19.6 Å². The summed E-state index contributed by atoms with van der Waals surface area (Å²) in [6.07, 6.45) is 1.27. The van der Waals surface area contributed by atoms with Crippen molar-refractivity contribution in [3.8, 4) is 34.1 Å². The molecule has 1 aliphatic heterocycles. The molecule has 9 nitrogen and oxygen atoms in total. The maximum absolute atomic E-state index is 13.4. The third-order valence-electron chi connectivity index (χ3n) is 5.81. The van der Waals surface area contributed by atoms with Gasteiger partial charge < -0.3 is 29.8 Å². The molecule has 176 valence electrons. The van der Waals surface area contributed by atoms with Gasteiger partial charge in [0.05, 0.1) is 12.0 Å². The van der Waals surface area contributed by atoms with E-state index in [9.17, 15) is 24.6 Å². The predicted octanol–water partition coefficient (Wildman–Crippen LogP) is 3.18. The van der Waals surface area contributed by atoms with Gasteiger partial charge in [-0.05, 0) is 35.4 Å². The van der Waals surface area contributed by atoms with Crippen LogP contribution in [0.4, 0.5) is 0 Å². The summed E-state index contributed by atoms with van der Waals surface area (Å²) < 4.78 is 16.5. The molecular weight excluding hydrogens is 454 g/mol. The lowest BCUT2D eigenvalue weighted by Gasteiger charge is -2.26. The van der Waals surface area contributed by atoms with Crippen molar-refractivity contribution in [2.45, 2.75) is 12.3 Å². The van der Waals surface area contributed by atoms with Crippen LogP contribution in [-0.2, 0) is 9.59 Å². The zero-order valence-electron chi connectivity index (χ0n) is 18.2. The topological polar surface area (TPSA) is 149 Å². The first-order chi connectivity index (χ1) is 16.8. The van der Waals surface area contributed by atoms with E-state index in [1.807, 2.05) is 0 Å². The van der Waals surface area contributed by atoms with Gasteiger partial charge in [-0.1, -0.05) is 24.3 Å². The first-order valence-corrected chi connectivity index (χ1v) is 10.6. The summed E-state index contributed by atoms with van der Waals surface area (Å²) in [4.78, 5) is 36.6. The molecule has 2 heterocycles. The monoisotopic (exact) mass is 473 g/mol. The van der Waals surface area contributed by atoms with Crippen LogP contribution in [0.15, 0.2) is 70.1 Å². The average Bonchev–Trinajstić information content (AvgIpc) is 2.83. The molecule has 1 aliphatic rings. The number of hydrogen-bond acceptors (Lipinski definition) is 8. The van der Waals surface area contributed by atoms with Gasteiger partial charge in [0, 0.05) is 17.5 Å². The van der Waals surface area contributed by atoms with Crippen molar-refractivity contribution in [2.24, 2.45) is 5.73 Å². The van der Waals surface area contributed by atoms with E-state index in [0.717, 1.165) is 0 Å². The van der Waals surface area contributed by atoms with E-state index in [1.165, 1.54) is 24.5 Å². The number of nitrogens with two attached hydrogens (primary N) is 1. The number of phenols is 2. The summed E-state index contributed by atoms with van der Waals surface area (Å²) in [6.45, 7) is -0.267. The summed E-state index contributed by atoms with van der Waals surface area (Å²) in [5, 5.41) is 20.2. The van der Waals surface area contributed by atoms with Gasteiger partial charge in [0.25, 0.3) is 5.91 Å². The van der Waals surface area contributed by atoms with Gasteiger partial charge in [-0.15, -0.1) is 0 Å². The number of primary amides is 1. The van der Waals surface area contributed by atoms with Gasteiger partial charge in [0.1, 0.15) is 40.2 Å². The Balaban J connectivity index is 1.64. The van der Waals surface area contributed by atoms with Gasteiger partial charge in [-0.3, -0.25) is 14.4 Å². The molecule has 4 aromatic rings. The van der Waals surface area contributed by atoms with Crippen LogP contribution < -0.4 is 20.6 Å². The SMILES string of the molecule is NC(=O)COc1ccc([C@@H]2CC(=O)Oc3cc(O)c4c(=O)c(-c5ccc(O)cc5)coc4c32)cc1. The Morgan fingerprint density at radius 1 is 1.06 bits per heavy atom. The van der Waals surface area contributed by atoms with Gasteiger partial charge in [-0.2, -0.15) is 0 Å². The fraction of sp³-hybridized carbons (Fsp3) is 0.115. The van der Waals surface area contributed by atoms with E-state index >= 15 is 0 Å². The van der Waals surface area contributed by atoms with Crippen LogP contribution in [0.2, 0.25) is 0 Å². The van der Waals surface area contributed by atoms with Crippen LogP contribution in [-0.4, -0.2) is 28.7 Å². The molecule has 0 bridgehead atoms. The Morgan fingerprint density at radius 2 is 1.77 bits per heavy atom. The maximum Gasteiger partial charge on any atom is 0.312 e. The minimum absolute atomic E-state index is 0.0161. The van der Waals surface area contributed by atoms with E-state index in [-0.39, 0.29) is 46.8 Å². The number of esters is 1. The highest BCUT2D eigenvalue weighted by molar-refractivity contribution is 5.94. The summed E-state index contributed by atoms with van der Waals surface area (Å²) in [5.74, 6) is -1.44. The normalized spacial score (nSPS) is 14.9. The molecule has 1 amide bonds. The lowest BCUT2D eigenvalue weighted by molar-refractivity contribution is -0.135. The van der Waals surface area contributed by atoms with E-state index in [0.29, 0.717) is 22.4 Å². The van der Waals surface area contributed by atoms with Crippen molar-refractivity contribution < 1.29 is 33.7 Å². The van der Waals surface area contributed by atoms with Crippen LogP contribution in [0.3, 0.4) is 0 Å². The molecule has 0 aliphatic carbocycles. The molecule has 0 radical (unpaired) electrons. The number of carbonyl (C=O) groups is 2. The molecule has 0 spiro atoms. The summed E-state index contributed by atoms with van der Waals surface area (Å²) in [5.41, 5.74) is 6.62. The molecule has 0 saturated carbocycles. The number of rotatable bonds is 5. The number of ether oxygens (including phenoxy) is 2. The third-order valence-corrected chi connectivity index (χ3v) is 5.81. The van der Waals surface area contributed by atoms with Crippen LogP contribution in [0.25, 0.3) is 22.1 Å². The van der Waals surface area contributed by atoms with E-state index in [1.54, 1.807) is 36.4 Å². The Labute approximate surface area is 197 Å². The Morgan fingerprint density at radius 3 is 2.46 bits per heavy atom. The summed E-state index contributed by atoms with van der Waals surface area (Å²) >= 11 is 0. The number of fused-ring (bicyclic) bond motifs is 3. The van der Waals surface area contributed by atoms with E-state index in [2.05, 4.69) is 0 Å². The molecule has 0 unspecified atom stereocenters. The molecule has 0 fully saturated rings. The lowest BCUT2D eigenvalue weighted by atomic mass is 9.85. The highest BCUT2D eigenvalue weighted by atomic mass is 16.5. The van der Waals surface area contributed by atoms with Gasteiger partial charge in [0.15, 0.2) is 6.61 Å². The van der Waals surface area contributed by atoms with Crippen LogP contribution >= 0.6 is 0 Å². The zero-order valence-corrected chi connectivity index (χ0v) is 18.2. The molecule has 4 N–H and O–H groups in total. The minimum atomic E-state index is -0.606. The first kappa shape index (κ1) is 22.0. The smallest absolute Gasteiger partial charge is 0.312 e. The molecule has 1 aromatic heterocycles. The van der Waals surface area contributed by atoms with Gasteiger partial charge >= 0.3 is 5.97 Å². The molecule has 35 heavy (non-hydrogen) atoms. The van der Waals surface area contributed by atoms with Crippen molar-refractivity contribution >= 4 is 22.8 Å². The van der Waals surface area contributed by atoms with E-state index < -0.39 is 23.2 Å². The number of amides is 1. The highest BCUT2D eigenvalue weighted by Gasteiger charge is 2.33. The summed E-state index contributed by atoms with van der Waals surface area (Å²) in [7, 11) is 0. The average molecular weight is 473 g/mol. The second-order valence-corrected chi connectivity index (χ2v) is 8.09. The van der Waals surface area contributed by atoms with Crippen LogP contribution in [0, 0.1) is 0 Å². The highest BCUT2D eigenvalue weighted by Crippen LogP contribution is 2.45. The molecule has 1 atom stereocenters. The molecule has 3 aromatic carbocycles. The van der Waals surface area contributed by atoms with Gasteiger partial charge in [-0.25, -0.2) is 0 Å². The Hall–Kier alpha value is -4.79. The van der Waals surface area contributed by atoms with Crippen molar-refractivity contribution in [1.29, 1.82) is 0 Å². The van der Waals surface area contributed by atoms with Gasteiger partial charge in [0.2, 0.25) is 5.43 Å². The second kappa shape index (κ2) is 8.53. The molecule has 9 heteroatoms. The minimum Gasteiger partial charge on any atom is -0.508 e. The fourth-order valence-electron chi connectivity index (χ4n) is 4.21. The number of carbonyl (C=O) groups excluding carboxylic acids is 2. The lowest BCUT2D eigenvalue weighted by Crippen LogP contribution is -2.22. The number of phenolic OH excluding ortho intramolecular Hbond substituents is 2. The largest absolute Gasteiger partial charge is 0.508 e. The Bertz CT molecular complexity index is 1520. The second-order valence-electron chi connectivity index (χ2n) is 8.09. The number of benzene rings is 3. The maximum atomic E-state index is 13.4. The predicted molar refractivity (Wildman–Crippen MR) is 124 cm³/mol. The van der Waals surface area contributed by atoms with Crippen LogP contribution in [0.5, 0.6) is 23.0 Å². The summed E-state index contributed by atoms with van der Waals surface area (Å²) in [6, 6.07) is 14.0. The number of hydrogen-bond donors (Lipinski definition) is 3. The van der Waals surface area contributed by atoms with Crippen LogP contribution in [0.1, 0.15) is 23.5 Å². The van der Waals surface area contributed by atoms with Crippen molar-refractivity contribution in [2.75, 3.05) is 6.61 Å². The van der Waals surface area contributed by atoms with Crippen molar-refractivity contribution in [3.63, 3.8) is 0 Å². The third kappa shape index (κ3) is 4.04. The Kier molecular flexibility index (Phi) is 5.37. The molecule has 0 saturated heterocycles. The molecular formula is C26H19NO8. The zero-order chi connectivity index (χ0) is 24.7.